The lowest BCUT2D eigenvalue weighted by molar-refractivity contribution is 0.490. The van der Waals surface area contributed by atoms with Crippen molar-refractivity contribution in [2.45, 2.75) is 39.5 Å². The lowest BCUT2D eigenvalue weighted by Crippen LogP contribution is -2.17. The number of nitrogens with zero attached hydrogens (tertiary/aromatic N) is 1. The fraction of sp³-hybridized carbons (Fsp3) is 0.545. The maximum Gasteiger partial charge on any atom is 0.0462 e. The van der Waals surface area contributed by atoms with Crippen molar-refractivity contribution in [3.8, 4) is 0 Å². The Labute approximate surface area is 74.8 Å². The molecule has 0 saturated carbocycles. The molecular weight excluding hydrogens is 146 g/mol. The minimum absolute atomic E-state index is 0.214. The first-order valence-corrected chi connectivity index (χ1v) is 4.49. The molecule has 0 N–H and O–H groups in total. The van der Waals surface area contributed by atoms with E-state index >= 15 is 0 Å². The number of hydrogen-bond acceptors (Lipinski definition) is 1. The number of aryl methyl sites for hydroxylation is 1. The highest BCUT2D eigenvalue weighted by Gasteiger charge is 2.18. The molecule has 12 heavy (non-hydrogen) atoms. The van der Waals surface area contributed by atoms with Crippen LogP contribution in [0.25, 0.3) is 0 Å². The Morgan fingerprint density at radius 2 is 2.08 bits per heavy atom. The fourth-order valence-electron chi connectivity index (χ4n) is 1.09. The van der Waals surface area contributed by atoms with Crippen molar-refractivity contribution in [2.24, 2.45) is 0 Å². The SMILES string of the molecule is CCC(C)(C)c1cc(C)ccn1. The summed E-state index contributed by atoms with van der Waals surface area (Å²) in [6.45, 7) is 8.77. The maximum absolute atomic E-state index is 4.38. The quantitative estimate of drug-likeness (QED) is 0.653. The first-order valence-electron chi connectivity index (χ1n) is 4.49. The van der Waals surface area contributed by atoms with Gasteiger partial charge in [-0.05, 0) is 31.0 Å². The van der Waals surface area contributed by atoms with Crippen molar-refractivity contribution in [1.29, 1.82) is 0 Å². The van der Waals surface area contributed by atoms with Gasteiger partial charge in [-0.2, -0.15) is 0 Å². The Hall–Kier alpha value is -0.850. The molecule has 1 heterocycles. The highest BCUT2D eigenvalue weighted by molar-refractivity contribution is 5.20. The summed E-state index contributed by atoms with van der Waals surface area (Å²) < 4.78 is 0. The average molecular weight is 163 g/mol. The average Bonchev–Trinajstić information content (AvgIpc) is 2.05. The smallest absolute Gasteiger partial charge is 0.0462 e. The molecule has 0 amide bonds. The molecular formula is C11H17N. The van der Waals surface area contributed by atoms with Gasteiger partial charge in [-0.25, -0.2) is 0 Å². The molecule has 0 unspecified atom stereocenters. The molecule has 0 aliphatic heterocycles. The van der Waals surface area contributed by atoms with Gasteiger partial charge in [0.15, 0.2) is 0 Å². The Balaban J connectivity index is 3.03. The molecule has 0 aliphatic carbocycles. The Morgan fingerprint density at radius 1 is 1.42 bits per heavy atom. The van der Waals surface area contributed by atoms with Gasteiger partial charge in [-0.1, -0.05) is 20.8 Å². The third-order valence-corrected chi connectivity index (χ3v) is 2.49. The van der Waals surface area contributed by atoms with Gasteiger partial charge < -0.3 is 0 Å². The van der Waals surface area contributed by atoms with Crippen molar-refractivity contribution in [2.75, 3.05) is 0 Å². The highest BCUT2D eigenvalue weighted by Crippen LogP contribution is 2.24. The van der Waals surface area contributed by atoms with E-state index in [1.54, 1.807) is 0 Å². The van der Waals surface area contributed by atoms with E-state index < -0.39 is 0 Å². The Morgan fingerprint density at radius 3 is 2.58 bits per heavy atom. The van der Waals surface area contributed by atoms with Crippen molar-refractivity contribution < 1.29 is 0 Å². The summed E-state index contributed by atoms with van der Waals surface area (Å²) in [5.41, 5.74) is 2.71. The first kappa shape index (κ1) is 9.24. The monoisotopic (exact) mass is 163 g/mol. The van der Waals surface area contributed by atoms with Crippen LogP contribution in [0.1, 0.15) is 38.4 Å². The second kappa shape index (κ2) is 3.26. The van der Waals surface area contributed by atoms with Crippen molar-refractivity contribution in [3.63, 3.8) is 0 Å². The van der Waals surface area contributed by atoms with Crippen LogP contribution in [0.3, 0.4) is 0 Å². The van der Waals surface area contributed by atoms with E-state index in [1.165, 1.54) is 11.3 Å². The summed E-state index contributed by atoms with van der Waals surface area (Å²) >= 11 is 0. The van der Waals surface area contributed by atoms with E-state index in [0.29, 0.717) is 0 Å². The van der Waals surface area contributed by atoms with Gasteiger partial charge in [0.1, 0.15) is 0 Å². The van der Waals surface area contributed by atoms with Gasteiger partial charge >= 0.3 is 0 Å². The van der Waals surface area contributed by atoms with E-state index in [0.717, 1.165) is 6.42 Å². The minimum Gasteiger partial charge on any atom is -0.261 e. The van der Waals surface area contributed by atoms with E-state index in [2.05, 4.69) is 38.7 Å². The number of rotatable bonds is 2. The second-order valence-corrected chi connectivity index (χ2v) is 3.96. The minimum atomic E-state index is 0.214. The van der Waals surface area contributed by atoms with Crippen molar-refractivity contribution in [1.82, 2.24) is 4.98 Å². The molecule has 0 atom stereocenters. The zero-order valence-electron chi connectivity index (χ0n) is 8.39. The van der Waals surface area contributed by atoms with Crippen LogP contribution in [0, 0.1) is 6.92 Å². The van der Waals surface area contributed by atoms with Gasteiger partial charge in [-0.3, -0.25) is 4.98 Å². The lowest BCUT2D eigenvalue weighted by atomic mass is 9.85. The van der Waals surface area contributed by atoms with E-state index in [1.807, 2.05) is 12.3 Å². The van der Waals surface area contributed by atoms with Crippen LogP contribution < -0.4 is 0 Å². The van der Waals surface area contributed by atoms with Crippen LogP contribution in [0.2, 0.25) is 0 Å². The zero-order chi connectivity index (χ0) is 9.19. The molecule has 0 bridgehead atoms. The number of pyridine rings is 1. The number of aromatic nitrogens is 1. The van der Waals surface area contributed by atoms with Crippen LogP contribution in [0.15, 0.2) is 18.3 Å². The van der Waals surface area contributed by atoms with Crippen LogP contribution in [-0.4, -0.2) is 4.98 Å². The summed E-state index contributed by atoms with van der Waals surface area (Å²) in [5, 5.41) is 0. The largest absolute Gasteiger partial charge is 0.261 e. The van der Waals surface area contributed by atoms with E-state index in [4.69, 9.17) is 0 Å². The highest BCUT2D eigenvalue weighted by atomic mass is 14.7. The fourth-order valence-corrected chi connectivity index (χ4v) is 1.09. The molecule has 0 aromatic carbocycles. The lowest BCUT2D eigenvalue weighted by Gasteiger charge is -2.21. The summed E-state index contributed by atoms with van der Waals surface area (Å²) in [6, 6.07) is 4.21. The molecule has 1 heteroatoms. The topological polar surface area (TPSA) is 12.9 Å². The maximum atomic E-state index is 4.38. The van der Waals surface area contributed by atoms with Gasteiger partial charge in [0, 0.05) is 17.3 Å². The molecule has 0 radical (unpaired) electrons. The van der Waals surface area contributed by atoms with Crippen LogP contribution in [0.5, 0.6) is 0 Å². The molecule has 1 rings (SSSR count). The van der Waals surface area contributed by atoms with Crippen LogP contribution in [-0.2, 0) is 5.41 Å². The second-order valence-electron chi connectivity index (χ2n) is 3.96. The predicted molar refractivity (Wildman–Crippen MR) is 52.3 cm³/mol. The van der Waals surface area contributed by atoms with Gasteiger partial charge in [-0.15, -0.1) is 0 Å². The molecule has 1 aromatic heterocycles. The Bertz CT molecular complexity index is 263. The summed E-state index contributed by atoms with van der Waals surface area (Å²) in [5.74, 6) is 0. The van der Waals surface area contributed by atoms with E-state index in [-0.39, 0.29) is 5.41 Å². The predicted octanol–water partition coefficient (Wildman–Crippen LogP) is 3.08. The number of hydrogen-bond donors (Lipinski definition) is 0. The molecule has 1 nitrogen and oxygen atoms in total. The van der Waals surface area contributed by atoms with E-state index in [9.17, 15) is 0 Å². The normalized spacial score (nSPS) is 11.7. The van der Waals surface area contributed by atoms with Crippen LogP contribution in [0.4, 0.5) is 0 Å². The Kier molecular flexibility index (Phi) is 2.51. The molecule has 1 aromatic rings. The summed E-state index contributed by atoms with van der Waals surface area (Å²) in [4.78, 5) is 4.38. The molecule has 66 valence electrons. The molecule has 0 fully saturated rings. The molecule has 0 spiro atoms. The van der Waals surface area contributed by atoms with Gasteiger partial charge in [0.2, 0.25) is 0 Å². The van der Waals surface area contributed by atoms with Crippen LogP contribution >= 0.6 is 0 Å². The third kappa shape index (κ3) is 1.84. The standard InChI is InChI=1S/C11H17N/c1-5-11(3,4)10-8-9(2)6-7-12-10/h6-8H,5H2,1-4H3. The first-order chi connectivity index (χ1) is 5.56. The third-order valence-electron chi connectivity index (χ3n) is 2.49. The summed E-state index contributed by atoms with van der Waals surface area (Å²) in [7, 11) is 0. The van der Waals surface area contributed by atoms with Crippen molar-refractivity contribution in [3.05, 3.63) is 29.6 Å². The van der Waals surface area contributed by atoms with Gasteiger partial charge in [0.05, 0.1) is 0 Å². The van der Waals surface area contributed by atoms with Gasteiger partial charge in [0.25, 0.3) is 0 Å². The summed E-state index contributed by atoms with van der Waals surface area (Å²) in [6.07, 6.45) is 3.02. The zero-order valence-corrected chi connectivity index (χ0v) is 8.39. The van der Waals surface area contributed by atoms with Crippen molar-refractivity contribution >= 4 is 0 Å². The molecule has 0 aliphatic rings. The molecule has 0 saturated heterocycles.